The van der Waals surface area contributed by atoms with E-state index >= 15 is 0 Å². The Morgan fingerprint density at radius 1 is 1.23 bits per heavy atom. The molecule has 1 aliphatic heterocycles. The predicted molar refractivity (Wildman–Crippen MR) is 123 cm³/mol. The van der Waals surface area contributed by atoms with E-state index in [0.717, 1.165) is 35.2 Å². The minimum absolute atomic E-state index is 0.162. The Kier molecular flexibility index (Phi) is 6.51. The van der Waals surface area contributed by atoms with Crippen LogP contribution in [0, 0.1) is 0 Å². The van der Waals surface area contributed by atoms with Crippen molar-refractivity contribution in [3.63, 3.8) is 0 Å². The summed E-state index contributed by atoms with van der Waals surface area (Å²) in [6, 6.07) is 16.3. The number of hydrogen-bond donors (Lipinski definition) is 1. The van der Waals surface area contributed by atoms with Gasteiger partial charge in [-0.2, -0.15) is 0 Å². The Balaban J connectivity index is 1.59. The maximum Gasteiger partial charge on any atom is 0.339 e. The van der Waals surface area contributed by atoms with E-state index in [4.69, 9.17) is 9.72 Å². The van der Waals surface area contributed by atoms with Crippen LogP contribution in [0.2, 0.25) is 0 Å². The number of carboxylic acids is 1. The molecule has 1 atom stereocenters. The van der Waals surface area contributed by atoms with Crippen molar-refractivity contribution >= 4 is 27.8 Å². The van der Waals surface area contributed by atoms with Crippen LogP contribution in [0.25, 0.3) is 0 Å². The van der Waals surface area contributed by atoms with E-state index < -0.39 is 5.97 Å². The summed E-state index contributed by atoms with van der Waals surface area (Å²) in [6.45, 7) is 0.849. The van der Waals surface area contributed by atoms with E-state index in [2.05, 4.69) is 37.9 Å². The first kappa shape index (κ1) is 21.3. The highest BCUT2D eigenvalue weighted by Gasteiger charge is 2.29. The van der Waals surface area contributed by atoms with Gasteiger partial charge in [-0.05, 0) is 61.1 Å². The quantitative estimate of drug-likeness (QED) is 0.507. The number of ether oxygens (including phenoxy) is 1. The molecule has 1 fully saturated rings. The fourth-order valence-electron chi connectivity index (χ4n) is 4.04. The lowest BCUT2D eigenvalue weighted by Gasteiger charge is -2.25. The van der Waals surface area contributed by atoms with Crippen LogP contribution in [0.5, 0.6) is 5.75 Å². The standard InChI is InChI=1S/C24H24BrN3O3/c1-31-19-10-7-16(8-11-19)9-12-21-20(23(29)30)15-26-24(27-21)28-13-3-6-22(28)17-4-2-5-18(25)14-17/h2,4-5,7-8,10-11,14-15,22H,3,6,9,12-13H2,1H3,(H,29,30)/t22-/m1/s1. The first-order valence-electron chi connectivity index (χ1n) is 10.3. The van der Waals surface area contributed by atoms with Gasteiger partial charge in [0.25, 0.3) is 0 Å². The van der Waals surface area contributed by atoms with Crippen molar-refractivity contribution in [2.45, 2.75) is 31.7 Å². The Labute approximate surface area is 190 Å². The number of aryl methyl sites for hydroxylation is 2. The van der Waals surface area contributed by atoms with Crippen LogP contribution in [-0.2, 0) is 12.8 Å². The largest absolute Gasteiger partial charge is 0.497 e. The Morgan fingerprint density at radius 2 is 2.03 bits per heavy atom. The number of aromatic carboxylic acids is 1. The molecule has 0 bridgehead atoms. The molecule has 2 aromatic carbocycles. The zero-order valence-corrected chi connectivity index (χ0v) is 18.9. The van der Waals surface area contributed by atoms with Crippen LogP contribution in [0.15, 0.2) is 59.2 Å². The molecule has 7 heteroatoms. The number of carboxylic acid groups (broad SMARTS) is 1. The van der Waals surface area contributed by atoms with Crippen LogP contribution >= 0.6 is 15.9 Å². The van der Waals surface area contributed by atoms with Crippen molar-refractivity contribution in [1.29, 1.82) is 0 Å². The number of nitrogens with zero attached hydrogens (tertiary/aromatic N) is 3. The maximum atomic E-state index is 11.8. The zero-order chi connectivity index (χ0) is 21.8. The van der Waals surface area contributed by atoms with Crippen molar-refractivity contribution < 1.29 is 14.6 Å². The molecule has 0 amide bonds. The summed E-state index contributed by atoms with van der Waals surface area (Å²) in [5.41, 5.74) is 3.03. The van der Waals surface area contributed by atoms with E-state index in [1.54, 1.807) is 7.11 Å². The highest BCUT2D eigenvalue weighted by Crippen LogP contribution is 2.35. The summed E-state index contributed by atoms with van der Waals surface area (Å²) in [5, 5.41) is 9.63. The number of aromatic nitrogens is 2. The molecule has 1 saturated heterocycles. The number of rotatable bonds is 7. The minimum Gasteiger partial charge on any atom is -0.497 e. The SMILES string of the molecule is COc1ccc(CCc2nc(N3CCC[C@@H]3c3cccc(Br)c3)ncc2C(=O)O)cc1. The molecule has 1 aliphatic rings. The van der Waals surface area contributed by atoms with E-state index in [1.807, 2.05) is 36.4 Å². The summed E-state index contributed by atoms with van der Waals surface area (Å²) < 4.78 is 6.24. The van der Waals surface area contributed by atoms with Crippen LogP contribution in [0.1, 0.15) is 46.1 Å². The van der Waals surface area contributed by atoms with E-state index in [1.165, 1.54) is 11.8 Å². The van der Waals surface area contributed by atoms with Gasteiger partial charge in [-0.1, -0.05) is 40.2 Å². The molecule has 6 nitrogen and oxygen atoms in total. The van der Waals surface area contributed by atoms with Crippen LogP contribution in [0.3, 0.4) is 0 Å². The van der Waals surface area contributed by atoms with Gasteiger partial charge in [0.05, 0.1) is 24.4 Å². The van der Waals surface area contributed by atoms with Crippen molar-refractivity contribution in [1.82, 2.24) is 9.97 Å². The predicted octanol–water partition coefficient (Wildman–Crippen LogP) is 5.07. The second-order valence-electron chi connectivity index (χ2n) is 7.59. The molecular formula is C24H24BrN3O3. The average molecular weight is 482 g/mol. The molecule has 2 heterocycles. The summed E-state index contributed by atoms with van der Waals surface area (Å²) >= 11 is 3.55. The number of methoxy groups -OCH3 is 1. The molecule has 160 valence electrons. The summed E-state index contributed by atoms with van der Waals surface area (Å²) in [6.07, 6.45) is 4.73. The van der Waals surface area contributed by atoms with Gasteiger partial charge >= 0.3 is 5.97 Å². The maximum absolute atomic E-state index is 11.8. The van der Waals surface area contributed by atoms with Gasteiger partial charge in [0, 0.05) is 17.2 Å². The van der Waals surface area contributed by atoms with Crippen molar-refractivity contribution in [2.75, 3.05) is 18.6 Å². The summed E-state index contributed by atoms with van der Waals surface area (Å²) in [4.78, 5) is 23.1. The molecule has 31 heavy (non-hydrogen) atoms. The lowest BCUT2D eigenvalue weighted by molar-refractivity contribution is 0.0694. The highest BCUT2D eigenvalue weighted by molar-refractivity contribution is 9.10. The van der Waals surface area contributed by atoms with Gasteiger partial charge in [-0.25, -0.2) is 14.8 Å². The lowest BCUT2D eigenvalue weighted by Crippen LogP contribution is -2.25. The molecule has 4 rings (SSSR count). The number of hydrogen-bond acceptors (Lipinski definition) is 5. The topological polar surface area (TPSA) is 75.5 Å². The first-order chi connectivity index (χ1) is 15.0. The fraction of sp³-hybridized carbons (Fsp3) is 0.292. The highest BCUT2D eigenvalue weighted by atomic mass is 79.9. The molecule has 0 spiro atoms. The van der Waals surface area contributed by atoms with Crippen molar-refractivity contribution in [3.8, 4) is 5.75 Å². The molecule has 1 N–H and O–H groups in total. The number of carbonyl (C=O) groups is 1. The molecule has 0 radical (unpaired) electrons. The second kappa shape index (κ2) is 9.47. The normalized spacial score (nSPS) is 15.8. The van der Waals surface area contributed by atoms with Crippen LogP contribution in [0.4, 0.5) is 5.95 Å². The van der Waals surface area contributed by atoms with E-state index in [-0.39, 0.29) is 11.6 Å². The van der Waals surface area contributed by atoms with E-state index in [9.17, 15) is 9.90 Å². The number of anilines is 1. The fourth-order valence-corrected chi connectivity index (χ4v) is 4.45. The Hall–Kier alpha value is -2.93. The molecular weight excluding hydrogens is 458 g/mol. The van der Waals surface area contributed by atoms with E-state index in [0.29, 0.717) is 24.5 Å². The third kappa shape index (κ3) is 4.88. The summed E-state index contributed by atoms with van der Waals surface area (Å²) in [7, 11) is 1.64. The van der Waals surface area contributed by atoms with Crippen molar-refractivity contribution in [3.05, 3.63) is 81.6 Å². The van der Waals surface area contributed by atoms with Gasteiger partial charge in [0.2, 0.25) is 5.95 Å². The van der Waals surface area contributed by atoms with Crippen LogP contribution < -0.4 is 9.64 Å². The molecule has 0 unspecified atom stereocenters. The van der Waals surface area contributed by atoms with Gasteiger partial charge in [0.1, 0.15) is 5.75 Å². The molecule has 0 aliphatic carbocycles. The first-order valence-corrected chi connectivity index (χ1v) is 11.1. The van der Waals surface area contributed by atoms with Gasteiger partial charge in [0.15, 0.2) is 0 Å². The number of halogens is 1. The molecule has 3 aromatic rings. The van der Waals surface area contributed by atoms with Gasteiger partial charge in [-0.3, -0.25) is 0 Å². The second-order valence-corrected chi connectivity index (χ2v) is 8.51. The van der Waals surface area contributed by atoms with Gasteiger partial charge in [-0.15, -0.1) is 0 Å². The minimum atomic E-state index is -0.999. The zero-order valence-electron chi connectivity index (χ0n) is 17.3. The van der Waals surface area contributed by atoms with Crippen molar-refractivity contribution in [2.24, 2.45) is 0 Å². The lowest BCUT2D eigenvalue weighted by atomic mass is 10.0. The number of benzene rings is 2. The third-order valence-corrected chi connectivity index (χ3v) is 6.13. The van der Waals surface area contributed by atoms with Crippen LogP contribution in [-0.4, -0.2) is 34.7 Å². The smallest absolute Gasteiger partial charge is 0.339 e. The average Bonchev–Trinajstić information content (AvgIpc) is 3.28. The monoisotopic (exact) mass is 481 g/mol. The third-order valence-electron chi connectivity index (χ3n) is 5.64. The molecule has 0 saturated carbocycles. The van der Waals surface area contributed by atoms with Gasteiger partial charge < -0.3 is 14.7 Å². The molecule has 1 aromatic heterocycles. The Bertz CT molecular complexity index is 1070. The Morgan fingerprint density at radius 3 is 2.74 bits per heavy atom. The summed E-state index contributed by atoms with van der Waals surface area (Å²) in [5.74, 6) is 0.394.